The van der Waals surface area contributed by atoms with E-state index in [4.69, 9.17) is 49.5 Å². The third kappa shape index (κ3) is 16.3. The number of rotatable bonds is 7. The molecule has 0 spiro atoms. The van der Waals surface area contributed by atoms with Gasteiger partial charge in [0.1, 0.15) is 52.2 Å². The molecule has 16 aromatic rings. The Hall–Kier alpha value is -11.8. The topological polar surface area (TPSA) is 73.8 Å². The van der Waals surface area contributed by atoms with Crippen LogP contribution in [-0.4, -0.2) is 64.4 Å². The number of hydrogen-bond donors (Lipinski definition) is 0. The highest BCUT2D eigenvalue weighted by atomic mass is 35.5. The summed E-state index contributed by atoms with van der Waals surface area (Å²) >= 11 is 6.69. The molecule has 0 amide bonds. The molecule has 0 N–H and O–H groups in total. The summed E-state index contributed by atoms with van der Waals surface area (Å²) in [5, 5.41) is 19.4. The highest BCUT2D eigenvalue weighted by Crippen LogP contribution is 2.54. The van der Waals surface area contributed by atoms with Gasteiger partial charge in [-0.15, -0.1) is 11.6 Å². The molecule has 8 atom stereocenters. The predicted molar refractivity (Wildman–Crippen MR) is 522 cm³/mol. The minimum absolute atomic E-state index is 0.00547. The molecule has 127 heavy (non-hydrogen) atoms. The van der Waals surface area contributed by atoms with Crippen molar-refractivity contribution in [1.82, 2.24) is 0 Å². The minimum Gasteiger partial charge on any atom is -0.492 e. The van der Waals surface area contributed by atoms with Gasteiger partial charge in [-0.2, -0.15) is 0 Å². The van der Waals surface area contributed by atoms with Crippen molar-refractivity contribution in [2.24, 2.45) is 59.2 Å². The lowest BCUT2D eigenvalue weighted by Crippen LogP contribution is -2.30. The SMILES string of the molecule is CCC1CCCC1C1COc2ccc3ccccc3c2-c2c(ccc3ccccc23)OC1.CCCC1CCCC1C1COc2ccc3ccccc3c2-c2c(ccc3ccccc23)OC1.ClC1CCCC1C1COc2ccc3ccccc3c2-c2c(ccc3ccccc23)OC1.FC1CCCC1C1COc2ccc3ccccc3c2-c2c(ccc3ccccc23)OC1. The molecule has 4 saturated carbocycles. The fourth-order valence-corrected chi connectivity index (χ4v) is 23.8. The molecule has 8 nitrogen and oxygen atoms in total. The smallest absolute Gasteiger partial charge is 0.127 e. The Balaban J connectivity index is 0.000000103. The zero-order valence-corrected chi connectivity index (χ0v) is 73.7. The van der Waals surface area contributed by atoms with Crippen LogP contribution in [0.5, 0.6) is 46.0 Å². The van der Waals surface area contributed by atoms with Crippen molar-refractivity contribution in [1.29, 1.82) is 0 Å². The van der Waals surface area contributed by atoms with Crippen LogP contribution in [-0.2, 0) is 0 Å². The van der Waals surface area contributed by atoms with Crippen LogP contribution in [0.25, 0.3) is 131 Å². The number of benzene rings is 16. The van der Waals surface area contributed by atoms with Crippen molar-refractivity contribution in [3.05, 3.63) is 291 Å². The third-order valence-electron chi connectivity index (χ3n) is 29.8. The van der Waals surface area contributed by atoms with Gasteiger partial charge in [0.15, 0.2) is 0 Å². The Labute approximate surface area is 750 Å². The van der Waals surface area contributed by atoms with E-state index < -0.39 is 6.17 Å². The van der Waals surface area contributed by atoms with Crippen LogP contribution in [0.3, 0.4) is 0 Å². The Kier molecular flexibility index (Phi) is 23.9. The van der Waals surface area contributed by atoms with E-state index in [0.29, 0.717) is 62.4 Å². The molecule has 0 bridgehead atoms. The van der Waals surface area contributed by atoms with E-state index >= 15 is 0 Å². The Morgan fingerprint density at radius 1 is 0.236 bits per heavy atom. The Morgan fingerprint density at radius 3 is 0.685 bits per heavy atom. The van der Waals surface area contributed by atoms with Crippen molar-refractivity contribution in [2.45, 2.75) is 122 Å². The predicted octanol–water partition coefficient (Wildman–Crippen LogP) is 30.8. The van der Waals surface area contributed by atoms with Crippen molar-refractivity contribution in [3.8, 4) is 90.5 Å². The molecule has 4 fully saturated rings. The molecule has 4 aliphatic heterocycles. The molecule has 8 unspecified atom stereocenters. The molecular weight excluding hydrogens is 1590 g/mol. The van der Waals surface area contributed by atoms with Gasteiger partial charge in [0, 0.05) is 73.6 Å². The van der Waals surface area contributed by atoms with Crippen molar-refractivity contribution in [2.75, 3.05) is 52.9 Å². The van der Waals surface area contributed by atoms with Gasteiger partial charge in [-0.3, -0.25) is 0 Å². The van der Waals surface area contributed by atoms with Crippen molar-refractivity contribution in [3.63, 3.8) is 0 Å². The first-order valence-corrected chi connectivity index (χ1v) is 47.6. The van der Waals surface area contributed by atoms with Crippen LogP contribution < -0.4 is 37.9 Å². The number of halogens is 2. The van der Waals surface area contributed by atoms with Gasteiger partial charge in [-0.25, -0.2) is 4.39 Å². The largest absolute Gasteiger partial charge is 0.492 e. The molecule has 4 aliphatic carbocycles. The second kappa shape index (κ2) is 36.9. The summed E-state index contributed by atoms with van der Waals surface area (Å²) in [6.45, 7) is 9.75. The van der Waals surface area contributed by atoms with Gasteiger partial charge in [-0.1, -0.05) is 314 Å². The van der Waals surface area contributed by atoms with E-state index in [-0.39, 0.29) is 23.1 Å². The molecule has 8 aliphatic rings. The molecule has 0 saturated heterocycles. The summed E-state index contributed by atoms with van der Waals surface area (Å²) in [5.41, 5.74) is 9.03. The number of alkyl halides is 2. The van der Waals surface area contributed by atoms with E-state index in [9.17, 15) is 4.39 Å². The van der Waals surface area contributed by atoms with Crippen LogP contribution in [0.4, 0.5) is 4.39 Å². The average Bonchev–Trinajstić information content (AvgIpc) is 1.76. The summed E-state index contributed by atoms with van der Waals surface area (Å²) in [7, 11) is 0. The van der Waals surface area contributed by atoms with Gasteiger partial charge in [0.2, 0.25) is 0 Å². The van der Waals surface area contributed by atoms with E-state index in [2.05, 4.69) is 305 Å². The average molecular weight is 1700 g/mol. The number of fused-ring (bicyclic) bond motifs is 28. The second-order valence-electron chi connectivity index (χ2n) is 36.9. The van der Waals surface area contributed by atoms with E-state index in [1.54, 1.807) is 0 Å². The second-order valence-corrected chi connectivity index (χ2v) is 37.5. The highest BCUT2D eigenvalue weighted by Gasteiger charge is 2.41. The normalized spacial score (nSPS) is 21.2. The molecule has 4 heterocycles. The monoisotopic (exact) mass is 1700 g/mol. The van der Waals surface area contributed by atoms with Gasteiger partial charge >= 0.3 is 0 Å². The van der Waals surface area contributed by atoms with Gasteiger partial charge in [0.05, 0.1) is 52.9 Å². The lowest BCUT2D eigenvalue weighted by atomic mass is 9.82. The standard InChI is InChI=1S/C31H32O2.C30H30O2.C28H25ClO2.C28H25FO2/c1-2-8-21-11-7-14-25(21)24-19-32-28-17-15-22-9-3-5-12-26(22)30(28)31-27-13-6-4-10-23(27)16-18-29(31)33-20-24;1-2-20-10-7-13-24(20)23-18-31-27-16-14-21-8-3-5-11-25(21)29(27)30-26-12-6-4-9-22(26)15-17-28(30)32-19-23;2*29-24-11-5-10-21(24)20-16-30-25-14-12-18-6-1-3-8-22(18)27(25)28-23-9-4-2-7-19(23)13-15-26(28)31-17-20/h3-6,9-10,12-13,15-18,21,24-25H,2,7-8,11,14,19-20H2,1H3;3-6,8-9,11-12,14-17,20,23-24H,2,7,10,13,18-19H2,1H3;2*1-4,6-9,12-15,20-21,24H,5,10-11,16-17H2. The van der Waals surface area contributed by atoms with Crippen LogP contribution in [0, 0.1) is 59.2 Å². The summed E-state index contributed by atoms with van der Waals surface area (Å²) < 4.78 is 67.3. The molecule has 0 aromatic heterocycles. The summed E-state index contributed by atoms with van der Waals surface area (Å²) in [4.78, 5) is 0. The first kappa shape index (κ1) is 82.2. The fourth-order valence-electron chi connectivity index (χ4n) is 23.4. The Morgan fingerprint density at radius 2 is 0.449 bits per heavy atom. The maximum atomic E-state index is 14.6. The van der Waals surface area contributed by atoms with Crippen molar-refractivity contribution < 1.29 is 42.3 Å². The maximum absolute atomic E-state index is 14.6. The highest BCUT2D eigenvalue weighted by molar-refractivity contribution is 6.21. The van der Waals surface area contributed by atoms with E-state index in [0.717, 1.165) is 165 Å². The zero-order valence-electron chi connectivity index (χ0n) is 72.9. The van der Waals surface area contributed by atoms with Gasteiger partial charge in [-0.05, 0) is 209 Å². The first-order chi connectivity index (χ1) is 62.7. The van der Waals surface area contributed by atoms with E-state index in [1.807, 2.05) is 0 Å². The van der Waals surface area contributed by atoms with Gasteiger partial charge in [0.25, 0.3) is 0 Å². The third-order valence-corrected chi connectivity index (χ3v) is 30.3. The molecule has 16 aromatic carbocycles. The van der Waals surface area contributed by atoms with Gasteiger partial charge < -0.3 is 37.9 Å². The minimum atomic E-state index is -0.759. The van der Waals surface area contributed by atoms with Crippen LogP contribution >= 0.6 is 11.6 Å². The lowest BCUT2D eigenvalue weighted by Gasteiger charge is -2.28. The fraction of sp³-hybridized carbons (Fsp3) is 0.316. The summed E-state index contributed by atoms with van der Waals surface area (Å²) in [5.74, 6) is 12.0. The molecule has 10 heteroatoms. The molecule has 642 valence electrons. The zero-order chi connectivity index (χ0) is 85.3. The summed E-state index contributed by atoms with van der Waals surface area (Å²) in [6, 6.07) is 103. The molecular formula is C117H112ClFO8. The van der Waals surface area contributed by atoms with E-state index in [1.165, 1.54) is 140 Å². The molecule has 24 rings (SSSR count). The van der Waals surface area contributed by atoms with Crippen LogP contribution in [0.2, 0.25) is 0 Å². The molecule has 0 radical (unpaired) electrons. The quantitative estimate of drug-likeness (QED) is 0.146. The van der Waals surface area contributed by atoms with Crippen LogP contribution in [0.1, 0.15) is 110 Å². The number of ether oxygens (including phenoxy) is 8. The number of hydrogen-bond acceptors (Lipinski definition) is 8. The van der Waals surface area contributed by atoms with Crippen LogP contribution in [0.15, 0.2) is 291 Å². The maximum Gasteiger partial charge on any atom is 0.127 e. The lowest BCUT2D eigenvalue weighted by molar-refractivity contribution is 0.0964. The first-order valence-electron chi connectivity index (χ1n) is 47.2. The summed E-state index contributed by atoms with van der Waals surface area (Å²) in [6.07, 6.45) is 17.0. The van der Waals surface area contributed by atoms with Crippen molar-refractivity contribution >= 4 is 97.8 Å². The Bertz CT molecular complexity index is 6140.